The molecule has 5 heteroatoms. The molecule has 1 atom stereocenters. The zero-order chi connectivity index (χ0) is 13.2. The lowest BCUT2D eigenvalue weighted by molar-refractivity contribution is -0.173. The summed E-state index contributed by atoms with van der Waals surface area (Å²) in [4.78, 5) is 10.6. The van der Waals surface area contributed by atoms with Gasteiger partial charge in [0.1, 0.15) is 0 Å². The minimum absolute atomic E-state index is 0.0156. The maximum atomic E-state index is 12.0. The van der Waals surface area contributed by atoms with Crippen LogP contribution in [-0.4, -0.2) is 18.6 Å². The van der Waals surface area contributed by atoms with E-state index in [0.29, 0.717) is 6.42 Å². The second-order valence-electron chi connectivity index (χ2n) is 4.14. The van der Waals surface area contributed by atoms with Gasteiger partial charge in [0.05, 0.1) is 0 Å². The Kier molecular flexibility index (Phi) is 3.41. The molecule has 0 aromatic heterocycles. The molecule has 1 aromatic carbocycles. The Morgan fingerprint density at radius 1 is 1.28 bits per heavy atom. The maximum Gasteiger partial charge on any atom is 0.471 e. The maximum absolute atomic E-state index is 12.0. The van der Waals surface area contributed by atoms with Crippen molar-refractivity contribution in [3.8, 4) is 0 Å². The van der Waals surface area contributed by atoms with E-state index in [1.54, 1.807) is 0 Å². The van der Waals surface area contributed by atoms with Gasteiger partial charge in [-0.1, -0.05) is 36.4 Å². The van der Waals surface area contributed by atoms with Crippen LogP contribution in [0.4, 0.5) is 13.2 Å². The number of rotatable bonds is 3. The van der Waals surface area contributed by atoms with Crippen molar-refractivity contribution in [1.29, 1.82) is 0 Å². The summed E-state index contributed by atoms with van der Waals surface area (Å²) in [5, 5.41) is 1.88. The molecule has 1 unspecified atom stereocenters. The minimum atomic E-state index is -4.80. The number of amides is 1. The monoisotopic (exact) mass is 255 g/mol. The van der Waals surface area contributed by atoms with E-state index in [4.69, 9.17) is 0 Å². The highest BCUT2D eigenvalue weighted by molar-refractivity contribution is 5.81. The second kappa shape index (κ2) is 4.84. The van der Waals surface area contributed by atoms with Gasteiger partial charge in [-0.25, -0.2) is 0 Å². The molecule has 1 N–H and O–H groups in total. The largest absolute Gasteiger partial charge is 0.471 e. The molecule has 2 rings (SSSR count). The molecule has 1 aromatic rings. The predicted molar refractivity (Wildman–Crippen MR) is 61.9 cm³/mol. The van der Waals surface area contributed by atoms with Gasteiger partial charge in [-0.3, -0.25) is 4.79 Å². The van der Waals surface area contributed by atoms with Crippen molar-refractivity contribution < 1.29 is 18.0 Å². The molecule has 0 bridgehead atoms. The quantitative estimate of drug-likeness (QED) is 0.884. The first-order valence-electron chi connectivity index (χ1n) is 5.60. The van der Waals surface area contributed by atoms with Crippen LogP contribution in [0.5, 0.6) is 0 Å². The summed E-state index contributed by atoms with van der Waals surface area (Å²) in [7, 11) is 0. The first-order chi connectivity index (χ1) is 8.48. The third-order valence-electron chi connectivity index (χ3n) is 2.90. The number of benzene rings is 1. The average molecular weight is 255 g/mol. The van der Waals surface area contributed by atoms with E-state index in [2.05, 4.69) is 0 Å². The van der Waals surface area contributed by atoms with Gasteiger partial charge < -0.3 is 5.32 Å². The SMILES string of the molecule is O=C(NCCC1C=Cc2ccccc21)C(F)(F)F. The van der Waals surface area contributed by atoms with Gasteiger partial charge in [0, 0.05) is 12.5 Å². The first kappa shape index (κ1) is 12.7. The Bertz CT molecular complexity index is 479. The number of hydrogen-bond acceptors (Lipinski definition) is 1. The molecule has 0 saturated heterocycles. The normalized spacial score (nSPS) is 17.6. The third-order valence-corrected chi connectivity index (χ3v) is 2.90. The highest BCUT2D eigenvalue weighted by Gasteiger charge is 2.38. The molecule has 1 aliphatic carbocycles. The summed E-state index contributed by atoms with van der Waals surface area (Å²) in [5.41, 5.74) is 2.18. The van der Waals surface area contributed by atoms with Gasteiger partial charge in [-0.15, -0.1) is 0 Å². The molecule has 0 radical (unpaired) electrons. The van der Waals surface area contributed by atoms with Crippen molar-refractivity contribution in [2.45, 2.75) is 18.5 Å². The second-order valence-corrected chi connectivity index (χ2v) is 4.14. The fourth-order valence-corrected chi connectivity index (χ4v) is 2.02. The Morgan fingerprint density at radius 2 is 2.00 bits per heavy atom. The first-order valence-corrected chi connectivity index (χ1v) is 5.60. The number of carbonyl (C=O) groups is 1. The summed E-state index contributed by atoms with van der Waals surface area (Å²) >= 11 is 0. The number of halogens is 3. The lowest BCUT2D eigenvalue weighted by Crippen LogP contribution is -2.37. The molecule has 0 fully saturated rings. The predicted octanol–water partition coefficient (Wildman–Crippen LogP) is 2.87. The smallest absolute Gasteiger partial charge is 0.348 e. The van der Waals surface area contributed by atoms with E-state index >= 15 is 0 Å². The molecule has 2 nitrogen and oxygen atoms in total. The highest BCUT2D eigenvalue weighted by atomic mass is 19.4. The Hall–Kier alpha value is -1.78. The average Bonchev–Trinajstić information content (AvgIpc) is 2.71. The fraction of sp³-hybridized carbons (Fsp3) is 0.308. The Balaban J connectivity index is 1.87. The third kappa shape index (κ3) is 2.72. The molecular weight excluding hydrogens is 243 g/mol. The lowest BCUT2D eigenvalue weighted by atomic mass is 9.98. The van der Waals surface area contributed by atoms with Gasteiger partial charge in [-0.2, -0.15) is 13.2 Å². The van der Waals surface area contributed by atoms with E-state index < -0.39 is 12.1 Å². The van der Waals surface area contributed by atoms with E-state index in [1.165, 1.54) is 0 Å². The highest BCUT2D eigenvalue weighted by Crippen LogP contribution is 2.31. The van der Waals surface area contributed by atoms with Crippen LogP contribution in [0.25, 0.3) is 6.08 Å². The molecule has 1 aliphatic rings. The fourth-order valence-electron chi connectivity index (χ4n) is 2.02. The van der Waals surface area contributed by atoms with Crippen molar-refractivity contribution in [2.75, 3.05) is 6.54 Å². The van der Waals surface area contributed by atoms with Crippen LogP contribution in [0.3, 0.4) is 0 Å². The van der Waals surface area contributed by atoms with Gasteiger partial charge in [0.15, 0.2) is 0 Å². The van der Waals surface area contributed by atoms with Crippen LogP contribution >= 0.6 is 0 Å². The van der Waals surface area contributed by atoms with Gasteiger partial charge in [0.25, 0.3) is 0 Å². The standard InChI is InChI=1S/C13H12F3NO/c14-13(15,16)12(18)17-8-7-10-6-5-9-3-1-2-4-11(9)10/h1-6,10H,7-8H2,(H,17,18). The van der Waals surface area contributed by atoms with Crippen molar-refractivity contribution >= 4 is 12.0 Å². The van der Waals surface area contributed by atoms with Crippen LogP contribution in [0, 0.1) is 0 Å². The van der Waals surface area contributed by atoms with E-state index in [0.717, 1.165) is 11.1 Å². The van der Waals surface area contributed by atoms with Gasteiger partial charge >= 0.3 is 12.1 Å². The van der Waals surface area contributed by atoms with Crippen LogP contribution in [-0.2, 0) is 4.79 Å². The van der Waals surface area contributed by atoms with E-state index in [-0.39, 0.29) is 12.5 Å². The summed E-state index contributed by atoms with van der Waals surface area (Å²) in [6.45, 7) is 0.0156. The molecule has 0 heterocycles. The number of hydrogen-bond donors (Lipinski definition) is 1. The molecule has 0 spiro atoms. The summed E-state index contributed by atoms with van der Waals surface area (Å²) in [5.74, 6) is -1.80. The Labute approximate surface area is 102 Å². The summed E-state index contributed by atoms with van der Waals surface area (Å²) in [6.07, 6.45) is -0.436. The van der Waals surface area contributed by atoms with Crippen molar-refractivity contribution in [2.24, 2.45) is 0 Å². The number of allylic oxidation sites excluding steroid dienone is 1. The molecular formula is C13H12F3NO. The molecule has 1 amide bonds. The van der Waals surface area contributed by atoms with E-state index in [1.807, 2.05) is 41.7 Å². The lowest BCUT2D eigenvalue weighted by Gasteiger charge is -2.12. The molecule has 0 aliphatic heterocycles. The Morgan fingerprint density at radius 3 is 2.72 bits per heavy atom. The zero-order valence-corrected chi connectivity index (χ0v) is 9.50. The number of nitrogens with one attached hydrogen (secondary N) is 1. The van der Waals surface area contributed by atoms with Crippen LogP contribution in [0.15, 0.2) is 30.3 Å². The molecule has 18 heavy (non-hydrogen) atoms. The molecule has 96 valence electrons. The van der Waals surface area contributed by atoms with Crippen molar-refractivity contribution in [3.05, 3.63) is 41.5 Å². The van der Waals surface area contributed by atoms with Crippen molar-refractivity contribution in [3.63, 3.8) is 0 Å². The van der Waals surface area contributed by atoms with Crippen LogP contribution in [0.2, 0.25) is 0 Å². The number of alkyl halides is 3. The summed E-state index contributed by atoms with van der Waals surface area (Å²) < 4.78 is 35.9. The number of carbonyl (C=O) groups excluding carboxylic acids is 1. The summed E-state index contributed by atoms with van der Waals surface area (Å²) in [6, 6.07) is 7.72. The van der Waals surface area contributed by atoms with Crippen LogP contribution < -0.4 is 5.32 Å². The van der Waals surface area contributed by atoms with Crippen molar-refractivity contribution in [1.82, 2.24) is 5.32 Å². The van der Waals surface area contributed by atoms with Gasteiger partial charge in [-0.05, 0) is 17.5 Å². The number of fused-ring (bicyclic) bond motifs is 1. The topological polar surface area (TPSA) is 29.1 Å². The molecule has 0 saturated carbocycles. The van der Waals surface area contributed by atoms with Gasteiger partial charge in [0.2, 0.25) is 0 Å². The van der Waals surface area contributed by atoms with E-state index in [9.17, 15) is 18.0 Å². The minimum Gasteiger partial charge on any atom is -0.348 e. The zero-order valence-electron chi connectivity index (χ0n) is 9.50. The van der Waals surface area contributed by atoms with Crippen LogP contribution in [0.1, 0.15) is 23.5 Å².